The standard InChI is InChI=1S/C27H22BrNO6/c1-14-5-10-19-18(11-14)24(30)22-23(15-12-20(32-2)25(34-4)21(13-15)33-3)29(27(31)26(22)35-19)17-8-6-16(28)7-9-17/h5-13,23H,1-4H3/t23-/m1/s1. The van der Waals surface area contributed by atoms with Crippen LogP contribution in [0.1, 0.15) is 33.3 Å². The monoisotopic (exact) mass is 535 g/mol. The van der Waals surface area contributed by atoms with E-state index in [1.807, 2.05) is 37.3 Å². The molecule has 0 saturated carbocycles. The van der Waals surface area contributed by atoms with Gasteiger partial charge in [0.25, 0.3) is 5.91 Å². The van der Waals surface area contributed by atoms with E-state index in [1.54, 1.807) is 29.2 Å². The molecule has 4 aromatic rings. The summed E-state index contributed by atoms with van der Waals surface area (Å²) < 4.78 is 23.5. The summed E-state index contributed by atoms with van der Waals surface area (Å²) in [6, 6.07) is 15.4. The fraction of sp³-hybridized carbons (Fsp3) is 0.185. The summed E-state index contributed by atoms with van der Waals surface area (Å²) in [4.78, 5) is 29.2. The lowest BCUT2D eigenvalue weighted by molar-refractivity contribution is 0.0971. The van der Waals surface area contributed by atoms with Crippen LogP contribution >= 0.6 is 15.9 Å². The van der Waals surface area contributed by atoms with Crippen LogP contribution in [-0.4, -0.2) is 27.2 Å². The number of anilines is 1. The van der Waals surface area contributed by atoms with Crippen molar-refractivity contribution in [3.63, 3.8) is 0 Å². The molecule has 5 rings (SSSR count). The van der Waals surface area contributed by atoms with Gasteiger partial charge >= 0.3 is 0 Å². The highest BCUT2D eigenvalue weighted by atomic mass is 79.9. The largest absolute Gasteiger partial charge is 0.493 e. The second-order valence-corrected chi connectivity index (χ2v) is 9.10. The molecule has 178 valence electrons. The molecule has 1 aliphatic rings. The molecule has 0 radical (unpaired) electrons. The van der Waals surface area contributed by atoms with Crippen molar-refractivity contribution in [1.82, 2.24) is 0 Å². The summed E-state index contributed by atoms with van der Waals surface area (Å²) >= 11 is 3.44. The van der Waals surface area contributed by atoms with Gasteiger partial charge in [-0.25, -0.2) is 0 Å². The Morgan fingerprint density at radius 3 is 2.14 bits per heavy atom. The summed E-state index contributed by atoms with van der Waals surface area (Å²) in [7, 11) is 4.56. The first-order chi connectivity index (χ1) is 16.9. The average Bonchev–Trinajstić information content (AvgIpc) is 3.16. The van der Waals surface area contributed by atoms with E-state index in [0.717, 1.165) is 10.0 Å². The number of rotatable bonds is 5. The fourth-order valence-corrected chi connectivity index (χ4v) is 4.79. The third-order valence-corrected chi connectivity index (χ3v) is 6.66. The molecule has 0 spiro atoms. The van der Waals surface area contributed by atoms with Crippen molar-refractivity contribution in [2.75, 3.05) is 26.2 Å². The van der Waals surface area contributed by atoms with Gasteiger partial charge in [0.1, 0.15) is 5.58 Å². The van der Waals surface area contributed by atoms with E-state index in [-0.39, 0.29) is 16.8 Å². The van der Waals surface area contributed by atoms with E-state index in [2.05, 4.69) is 15.9 Å². The Balaban J connectivity index is 1.84. The van der Waals surface area contributed by atoms with E-state index in [0.29, 0.717) is 39.5 Å². The number of nitrogens with zero attached hydrogens (tertiary/aromatic N) is 1. The van der Waals surface area contributed by atoms with Crippen LogP contribution < -0.4 is 24.5 Å². The first-order valence-corrected chi connectivity index (χ1v) is 11.6. The molecule has 7 nitrogen and oxygen atoms in total. The molecule has 0 unspecified atom stereocenters. The quantitative estimate of drug-likeness (QED) is 0.329. The summed E-state index contributed by atoms with van der Waals surface area (Å²) in [5, 5.41) is 0.423. The normalized spacial score (nSPS) is 14.8. The molecule has 1 atom stereocenters. The molecule has 1 aromatic heterocycles. The Hall–Kier alpha value is -3.78. The molecule has 0 aliphatic carbocycles. The Labute approximate surface area is 210 Å². The topological polar surface area (TPSA) is 78.2 Å². The van der Waals surface area contributed by atoms with E-state index in [4.69, 9.17) is 18.6 Å². The van der Waals surface area contributed by atoms with Crippen molar-refractivity contribution in [3.05, 3.63) is 91.7 Å². The van der Waals surface area contributed by atoms with Gasteiger partial charge in [-0.1, -0.05) is 27.6 Å². The summed E-state index contributed by atoms with van der Waals surface area (Å²) in [6.45, 7) is 1.90. The fourth-order valence-electron chi connectivity index (χ4n) is 4.53. The van der Waals surface area contributed by atoms with E-state index in [1.165, 1.54) is 21.3 Å². The Morgan fingerprint density at radius 1 is 0.886 bits per heavy atom. The van der Waals surface area contributed by atoms with E-state index in [9.17, 15) is 9.59 Å². The number of benzene rings is 3. The van der Waals surface area contributed by atoms with Crippen molar-refractivity contribution < 1.29 is 23.4 Å². The maximum absolute atomic E-state index is 13.8. The van der Waals surface area contributed by atoms with Crippen molar-refractivity contribution in [3.8, 4) is 17.2 Å². The number of methoxy groups -OCH3 is 3. The van der Waals surface area contributed by atoms with Gasteiger partial charge in [-0.3, -0.25) is 14.5 Å². The van der Waals surface area contributed by atoms with Crippen molar-refractivity contribution in [2.24, 2.45) is 0 Å². The van der Waals surface area contributed by atoms with E-state index >= 15 is 0 Å². The van der Waals surface area contributed by atoms with Crippen LogP contribution in [0.3, 0.4) is 0 Å². The molecule has 1 amide bonds. The SMILES string of the molecule is COc1cc([C@@H]2c3c(oc4ccc(C)cc4c3=O)C(=O)N2c2ccc(Br)cc2)cc(OC)c1OC. The number of halogens is 1. The Bertz CT molecular complexity index is 1500. The zero-order valence-corrected chi connectivity index (χ0v) is 21.1. The highest BCUT2D eigenvalue weighted by Gasteiger charge is 2.44. The van der Waals surface area contributed by atoms with Gasteiger partial charge in [0.15, 0.2) is 16.9 Å². The number of carbonyl (C=O) groups is 1. The first-order valence-electron chi connectivity index (χ1n) is 10.8. The van der Waals surface area contributed by atoms with Gasteiger partial charge in [-0.05, 0) is 61.0 Å². The zero-order chi connectivity index (χ0) is 24.9. The Morgan fingerprint density at radius 2 is 1.54 bits per heavy atom. The molecule has 0 saturated heterocycles. The predicted molar refractivity (Wildman–Crippen MR) is 136 cm³/mol. The van der Waals surface area contributed by atoms with Gasteiger partial charge < -0.3 is 18.6 Å². The molecule has 3 aromatic carbocycles. The average molecular weight is 536 g/mol. The van der Waals surface area contributed by atoms with Crippen LogP contribution in [0.15, 0.2) is 68.3 Å². The molecule has 0 N–H and O–H groups in total. The number of hydrogen-bond donors (Lipinski definition) is 0. The van der Waals surface area contributed by atoms with Gasteiger partial charge in [-0.15, -0.1) is 0 Å². The molecule has 0 fully saturated rings. The molecule has 35 heavy (non-hydrogen) atoms. The van der Waals surface area contributed by atoms with Gasteiger partial charge in [0.2, 0.25) is 11.5 Å². The number of fused-ring (bicyclic) bond motifs is 2. The summed E-state index contributed by atoms with van der Waals surface area (Å²) in [5.41, 5.74) is 2.54. The highest BCUT2D eigenvalue weighted by Crippen LogP contribution is 2.46. The molecule has 1 aliphatic heterocycles. The molecule has 8 heteroatoms. The second-order valence-electron chi connectivity index (χ2n) is 8.19. The zero-order valence-electron chi connectivity index (χ0n) is 19.5. The van der Waals surface area contributed by atoms with Crippen LogP contribution in [-0.2, 0) is 0 Å². The predicted octanol–water partition coefficient (Wildman–Crippen LogP) is 5.64. The van der Waals surface area contributed by atoms with Crippen molar-refractivity contribution in [2.45, 2.75) is 13.0 Å². The van der Waals surface area contributed by atoms with Crippen LogP contribution in [0.2, 0.25) is 0 Å². The van der Waals surface area contributed by atoms with Crippen molar-refractivity contribution in [1.29, 1.82) is 0 Å². The number of carbonyl (C=O) groups excluding carboxylic acids is 1. The summed E-state index contributed by atoms with van der Waals surface area (Å²) in [6.07, 6.45) is 0. The number of aryl methyl sites for hydroxylation is 1. The van der Waals surface area contributed by atoms with Gasteiger partial charge in [-0.2, -0.15) is 0 Å². The van der Waals surface area contributed by atoms with Crippen LogP contribution in [0.25, 0.3) is 11.0 Å². The maximum Gasteiger partial charge on any atom is 0.295 e. The number of hydrogen-bond acceptors (Lipinski definition) is 6. The minimum atomic E-state index is -0.770. The summed E-state index contributed by atoms with van der Waals surface area (Å²) in [5.74, 6) is 0.868. The second kappa shape index (κ2) is 8.78. The first kappa shape index (κ1) is 23.0. The van der Waals surface area contributed by atoms with E-state index < -0.39 is 11.9 Å². The minimum absolute atomic E-state index is 0.0213. The van der Waals surface area contributed by atoms with Gasteiger partial charge in [0, 0.05) is 10.2 Å². The van der Waals surface area contributed by atoms with Crippen molar-refractivity contribution >= 4 is 38.5 Å². The number of ether oxygens (including phenoxy) is 3. The third kappa shape index (κ3) is 3.65. The minimum Gasteiger partial charge on any atom is -0.493 e. The third-order valence-electron chi connectivity index (χ3n) is 6.13. The molecular weight excluding hydrogens is 514 g/mol. The molecule has 0 bridgehead atoms. The maximum atomic E-state index is 13.8. The van der Waals surface area contributed by atoms with Gasteiger partial charge in [0.05, 0.1) is 38.3 Å². The van der Waals surface area contributed by atoms with Crippen LogP contribution in [0, 0.1) is 6.92 Å². The lowest BCUT2D eigenvalue weighted by atomic mass is 9.97. The lowest BCUT2D eigenvalue weighted by Gasteiger charge is -2.26. The van der Waals surface area contributed by atoms with Crippen LogP contribution in [0.5, 0.6) is 17.2 Å². The Kier molecular flexibility index (Phi) is 5.76. The smallest absolute Gasteiger partial charge is 0.295 e. The lowest BCUT2D eigenvalue weighted by Crippen LogP contribution is -2.29. The van der Waals surface area contributed by atoms with Crippen LogP contribution in [0.4, 0.5) is 5.69 Å². The molecule has 2 heterocycles. The highest BCUT2D eigenvalue weighted by molar-refractivity contribution is 9.10. The number of amides is 1. The molecular formula is C27H22BrNO6.